The number of halogens is 4. The summed E-state index contributed by atoms with van der Waals surface area (Å²) in [6, 6.07) is 3.17. The molecule has 0 heterocycles. The third-order valence-corrected chi connectivity index (χ3v) is 3.96. The zero-order valence-corrected chi connectivity index (χ0v) is 12.6. The van der Waals surface area contributed by atoms with Gasteiger partial charge in [0.2, 0.25) is 0 Å². The van der Waals surface area contributed by atoms with E-state index in [1.165, 1.54) is 6.07 Å². The molecule has 1 rings (SSSR count). The minimum atomic E-state index is -2.96. The van der Waals surface area contributed by atoms with E-state index in [2.05, 4.69) is 36.6 Å². The van der Waals surface area contributed by atoms with Gasteiger partial charge >= 0.3 is 12.6 Å². The van der Waals surface area contributed by atoms with Crippen molar-refractivity contribution in [3.05, 3.63) is 26.6 Å². The van der Waals surface area contributed by atoms with Crippen LogP contribution in [0.25, 0.3) is 0 Å². The van der Waals surface area contributed by atoms with Gasteiger partial charge in [0.1, 0.15) is 5.75 Å². The van der Waals surface area contributed by atoms with Crippen molar-refractivity contribution in [2.45, 2.75) is 20.0 Å². The van der Waals surface area contributed by atoms with E-state index in [9.17, 15) is 13.6 Å². The maximum Gasteiger partial charge on any atom is 0.387 e. The summed E-state index contributed by atoms with van der Waals surface area (Å²) in [7, 11) is 0. The van der Waals surface area contributed by atoms with Gasteiger partial charge in [-0.1, -0.05) is 6.07 Å². The molecule has 0 amide bonds. The van der Waals surface area contributed by atoms with Crippen LogP contribution in [0.5, 0.6) is 5.75 Å². The molecule has 100 valence electrons. The summed E-state index contributed by atoms with van der Waals surface area (Å²) in [5, 5.41) is 0. The second-order valence-corrected chi connectivity index (χ2v) is 4.86. The highest BCUT2D eigenvalue weighted by Gasteiger charge is 2.18. The van der Waals surface area contributed by atoms with Gasteiger partial charge in [-0.05, 0) is 44.8 Å². The lowest BCUT2D eigenvalue weighted by atomic mass is 10.1. The number of hydrogen-bond acceptors (Lipinski definition) is 3. The fourth-order valence-electron chi connectivity index (χ4n) is 1.30. The number of alkyl halides is 2. The van der Waals surface area contributed by atoms with E-state index in [0.29, 0.717) is 14.5 Å². The van der Waals surface area contributed by atoms with Crippen molar-refractivity contribution in [3.8, 4) is 5.75 Å². The number of esters is 1. The topological polar surface area (TPSA) is 35.5 Å². The van der Waals surface area contributed by atoms with Gasteiger partial charge in [-0.2, -0.15) is 8.78 Å². The summed E-state index contributed by atoms with van der Waals surface area (Å²) in [5.74, 6) is -0.557. The molecule has 0 aliphatic carbocycles. The molecular formula is C11H10Br2F2O3. The van der Waals surface area contributed by atoms with Crippen LogP contribution in [0, 0.1) is 0 Å². The molecule has 0 aromatic heterocycles. The van der Waals surface area contributed by atoms with Crippen LogP contribution in [0.15, 0.2) is 21.1 Å². The zero-order valence-electron chi connectivity index (χ0n) is 9.38. The smallest absolute Gasteiger partial charge is 0.387 e. The van der Waals surface area contributed by atoms with Crippen LogP contribution < -0.4 is 4.74 Å². The second kappa shape index (κ2) is 7.04. The molecule has 18 heavy (non-hydrogen) atoms. The number of rotatable bonds is 5. The molecule has 1 aromatic carbocycles. The van der Waals surface area contributed by atoms with Crippen molar-refractivity contribution < 1.29 is 23.0 Å². The maximum absolute atomic E-state index is 12.3. The monoisotopic (exact) mass is 386 g/mol. The van der Waals surface area contributed by atoms with E-state index < -0.39 is 12.6 Å². The molecule has 0 radical (unpaired) electrons. The lowest BCUT2D eigenvalue weighted by Crippen LogP contribution is -2.11. The largest absolute Gasteiger partial charge is 0.466 e. The summed E-state index contributed by atoms with van der Waals surface area (Å²) in [6.07, 6.45) is -0.123. The van der Waals surface area contributed by atoms with Crippen molar-refractivity contribution in [2.24, 2.45) is 0 Å². The molecule has 0 saturated heterocycles. The van der Waals surface area contributed by atoms with E-state index in [1.807, 2.05) is 0 Å². The molecule has 0 bridgehead atoms. The van der Waals surface area contributed by atoms with E-state index in [1.54, 1.807) is 13.0 Å². The predicted molar refractivity (Wildman–Crippen MR) is 68.8 cm³/mol. The van der Waals surface area contributed by atoms with Crippen molar-refractivity contribution in [1.29, 1.82) is 0 Å². The summed E-state index contributed by atoms with van der Waals surface area (Å²) in [5.41, 5.74) is 0.337. The van der Waals surface area contributed by atoms with Gasteiger partial charge < -0.3 is 9.47 Å². The molecule has 0 N–H and O–H groups in total. The van der Waals surface area contributed by atoms with Gasteiger partial charge in [0.25, 0.3) is 0 Å². The predicted octanol–water partition coefficient (Wildman–Crippen LogP) is 3.92. The van der Waals surface area contributed by atoms with Gasteiger partial charge in [-0.3, -0.25) is 4.79 Å². The van der Waals surface area contributed by atoms with Crippen molar-refractivity contribution in [1.82, 2.24) is 0 Å². The number of carbonyl (C=O) groups is 1. The number of ether oxygens (including phenoxy) is 2. The van der Waals surface area contributed by atoms with Gasteiger partial charge in [0.05, 0.1) is 17.5 Å². The second-order valence-electron chi connectivity index (χ2n) is 3.21. The Bertz CT molecular complexity index is 439. The average Bonchev–Trinajstić information content (AvgIpc) is 2.28. The third-order valence-electron chi connectivity index (χ3n) is 1.98. The summed E-state index contributed by atoms with van der Waals surface area (Å²) < 4.78 is 34.7. The zero-order chi connectivity index (χ0) is 13.7. The van der Waals surface area contributed by atoms with Gasteiger partial charge in [0.15, 0.2) is 0 Å². The first-order chi connectivity index (χ1) is 8.45. The Morgan fingerprint density at radius 2 is 2.06 bits per heavy atom. The molecule has 3 nitrogen and oxygen atoms in total. The Hall–Kier alpha value is -0.690. The molecule has 0 unspecified atom stereocenters. The Morgan fingerprint density at radius 3 is 2.61 bits per heavy atom. The standard InChI is InChI=1S/C11H10Br2F2O3/c1-2-17-8(16)5-6-3-4-7(12)9(13)10(6)18-11(14)15/h3-4,11H,2,5H2,1H3. The van der Waals surface area contributed by atoms with Gasteiger partial charge in [0, 0.05) is 10.0 Å². The fraction of sp³-hybridized carbons (Fsp3) is 0.364. The number of carbonyl (C=O) groups excluding carboxylic acids is 1. The highest BCUT2D eigenvalue weighted by Crippen LogP contribution is 2.37. The first-order valence-electron chi connectivity index (χ1n) is 5.03. The van der Waals surface area contributed by atoms with Crippen LogP contribution in [0.2, 0.25) is 0 Å². The fourth-order valence-corrected chi connectivity index (χ4v) is 2.09. The van der Waals surface area contributed by atoms with Crippen molar-refractivity contribution >= 4 is 37.8 Å². The van der Waals surface area contributed by atoms with Crippen LogP contribution >= 0.6 is 31.9 Å². The Labute approximate surface area is 120 Å². The van der Waals surface area contributed by atoms with Gasteiger partial charge in [-0.25, -0.2) is 0 Å². The molecule has 1 aromatic rings. The Balaban J connectivity index is 3.02. The van der Waals surface area contributed by atoms with Crippen LogP contribution in [0.4, 0.5) is 8.78 Å². The third kappa shape index (κ3) is 4.20. The summed E-state index contributed by atoms with van der Waals surface area (Å²) in [6.45, 7) is -1.05. The summed E-state index contributed by atoms with van der Waals surface area (Å²) in [4.78, 5) is 11.4. The molecule has 7 heteroatoms. The average molecular weight is 388 g/mol. The molecule has 0 fully saturated rings. The highest BCUT2D eigenvalue weighted by atomic mass is 79.9. The van der Waals surface area contributed by atoms with Crippen LogP contribution in [0.1, 0.15) is 12.5 Å². The highest BCUT2D eigenvalue weighted by molar-refractivity contribution is 9.13. The van der Waals surface area contributed by atoms with Crippen molar-refractivity contribution in [2.75, 3.05) is 6.61 Å². The van der Waals surface area contributed by atoms with E-state index >= 15 is 0 Å². The van der Waals surface area contributed by atoms with Crippen LogP contribution in [-0.4, -0.2) is 19.2 Å². The maximum atomic E-state index is 12.3. The van der Waals surface area contributed by atoms with Crippen LogP contribution in [-0.2, 0) is 16.0 Å². The first-order valence-corrected chi connectivity index (χ1v) is 6.61. The minimum absolute atomic E-state index is 0.0626. The number of benzene rings is 1. The molecule has 0 atom stereocenters. The molecule has 0 saturated carbocycles. The summed E-state index contributed by atoms with van der Waals surface area (Å²) >= 11 is 6.31. The normalized spacial score (nSPS) is 10.6. The molecular weight excluding hydrogens is 378 g/mol. The SMILES string of the molecule is CCOC(=O)Cc1ccc(Br)c(Br)c1OC(F)F. The van der Waals surface area contributed by atoms with E-state index in [0.717, 1.165) is 0 Å². The quantitative estimate of drug-likeness (QED) is 0.718. The minimum Gasteiger partial charge on any atom is -0.466 e. The lowest BCUT2D eigenvalue weighted by molar-refractivity contribution is -0.142. The van der Waals surface area contributed by atoms with Gasteiger partial charge in [-0.15, -0.1) is 0 Å². The molecule has 0 spiro atoms. The molecule has 0 aliphatic rings. The lowest BCUT2D eigenvalue weighted by Gasteiger charge is -2.13. The first kappa shape index (κ1) is 15.4. The van der Waals surface area contributed by atoms with Crippen molar-refractivity contribution in [3.63, 3.8) is 0 Å². The van der Waals surface area contributed by atoms with E-state index in [-0.39, 0.29) is 18.8 Å². The van der Waals surface area contributed by atoms with Crippen LogP contribution in [0.3, 0.4) is 0 Å². The molecule has 0 aliphatic heterocycles. The van der Waals surface area contributed by atoms with E-state index in [4.69, 9.17) is 4.74 Å². The Morgan fingerprint density at radius 1 is 1.39 bits per heavy atom. The Kier molecular flexibility index (Phi) is 6.01. The number of hydrogen-bond donors (Lipinski definition) is 0.